The van der Waals surface area contributed by atoms with Gasteiger partial charge in [0.05, 0.1) is 13.7 Å². The normalized spacial score (nSPS) is 24.4. The fourth-order valence-corrected chi connectivity index (χ4v) is 2.85. The molecule has 0 unspecified atom stereocenters. The lowest BCUT2D eigenvalue weighted by molar-refractivity contribution is 0.331. The van der Waals surface area contributed by atoms with E-state index in [-0.39, 0.29) is 0 Å². The van der Waals surface area contributed by atoms with Gasteiger partial charge in [-0.3, -0.25) is 4.90 Å². The molecule has 1 aliphatic heterocycles. The quantitative estimate of drug-likeness (QED) is 0.432. The minimum atomic E-state index is -1.76. The number of hydrogen-bond acceptors (Lipinski definition) is 2. The Labute approximate surface area is 68.3 Å². The van der Waals surface area contributed by atoms with Gasteiger partial charge in [0.15, 0.2) is 0 Å². The smallest absolute Gasteiger partial charge is 0.0873 e. The van der Waals surface area contributed by atoms with Crippen LogP contribution in [0.2, 0.25) is 0 Å². The molecular weight excluding hydrogens is 157 g/mol. The number of terminal acetylenes is 1. The highest BCUT2D eigenvalue weighted by Gasteiger charge is 2.22. The maximum atomic E-state index is 11.5. The molecule has 0 amide bonds. The van der Waals surface area contributed by atoms with Crippen molar-refractivity contribution in [2.45, 2.75) is 0 Å². The Balaban J connectivity index is 2.38. The molecule has 62 valence electrons. The van der Waals surface area contributed by atoms with E-state index in [2.05, 4.69) is 10.8 Å². The van der Waals surface area contributed by atoms with E-state index in [9.17, 15) is 4.57 Å². The fourth-order valence-electron chi connectivity index (χ4n) is 1.22. The first-order chi connectivity index (χ1) is 5.14. The van der Waals surface area contributed by atoms with Crippen LogP contribution in [0.1, 0.15) is 0 Å². The lowest BCUT2D eigenvalue weighted by Crippen LogP contribution is -2.34. The lowest BCUT2D eigenvalue weighted by Gasteiger charge is -2.28. The first kappa shape index (κ1) is 8.84. The second kappa shape index (κ2) is 3.43. The summed E-state index contributed by atoms with van der Waals surface area (Å²) in [5.41, 5.74) is 0. The third-order valence-corrected chi connectivity index (χ3v) is 4.39. The van der Waals surface area contributed by atoms with Crippen molar-refractivity contribution in [3.05, 3.63) is 0 Å². The van der Waals surface area contributed by atoms with Crippen LogP contribution in [0.4, 0.5) is 0 Å². The Hall–Kier alpha value is -0.250. The van der Waals surface area contributed by atoms with Gasteiger partial charge < -0.3 is 4.57 Å². The molecule has 0 aromatic rings. The molecule has 0 aromatic heterocycles. The van der Waals surface area contributed by atoms with Crippen molar-refractivity contribution in [1.29, 1.82) is 0 Å². The van der Waals surface area contributed by atoms with E-state index in [4.69, 9.17) is 6.42 Å². The van der Waals surface area contributed by atoms with Crippen molar-refractivity contribution in [2.75, 3.05) is 38.6 Å². The van der Waals surface area contributed by atoms with Gasteiger partial charge in [0.1, 0.15) is 0 Å². The molecule has 1 saturated heterocycles. The predicted octanol–water partition coefficient (Wildman–Crippen LogP) is 0.928. The summed E-state index contributed by atoms with van der Waals surface area (Å²) in [6.07, 6.45) is 6.85. The Morgan fingerprint density at radius 1 is 1.55 bits per heavy atom. The van der Waals surface area contributed by atoms with Gasteiger partial charge >= 0.3 is 0 Å². The minimum Gasteiger partial charge on any atom is -0.324 e. The van der Waals surface area contributed by atoms with Gasteiger partial charge in [0.25, 0.3) is 0 Å². The van der Waals surface area contributed by atoms with E-state index in [1.807, 2.05) is 6.66 Å². The summed E-state index contributed by atoms with van der Waals surface area (Å²) in [6, 6.07) is 0. The zero-order valence-electron chi connectivity index (χ0n) is 6.92. The molecule has 3 heteroatoms. The van der Waals surface area contributed by atoms with Crippen LogP contribution in [-0.2, 0) is 4.57 Å². The molecule has 1 rings (SSSR count). The largest absolute Gasteiger partial charge is 0.324 e. The van der Waals surface area contributed by atoms with E-state index < -0.39 is 7.14 Å². The second-order valence-corrected chi connectivity index (χ2v) is 6.71. The van der Waals surface area contributed by atoms with Gasteiger partial charge in [-0.05, 0) is 6.66 Å². The highest BCUT2D eigenvalue weighted by atomic mass is 31.2. The number of nitrogens with zero attached hydrogens (tertiary/aromatic N) is 1. The van der Waals surface area contributed by atoms with Gasteiger partial charge in [-0.2, -0.15) is 0 Å². The summed E-state index contributed by atoms with van der Waals surface area (Å²) in [4.78, 5) is 2.18. The summed E-state index contributed by atoms with van der Waals surface area (Å²) in [7, 11) is -1.76. The number of hydrogen-bond donors (Lipinski definition) is 0. The van der Waals surface area contributed by atoms with Gasteiger partial charge in [0, 0.05) is 25.4 Å². The highest BCUT2D eigenvalue weighted by molar-refractivity contribution is 7.63. The van der Waals surface area contributed by atoms with E-state index in [0.29, 0.717) is 6.54 Å². The Morgan fingerprint density at radius 2 is 2.09 bits per heavy atom. The third kappa shape index (κ3) is 2.69. The summed E-state index contributed by atoms with van der Waals surface area (Å²) < 4.78 is 11.5. The maximum Gasteiger partial charge on any atom is 0.0873 e. The van der Waals surface area contributed by atoms with Crippen molar-refractivity contribution >= 4 is 7.14 Å². The molecule has 1 aliphatic rings. The summed E-state index contributed by atoms with van der Waals surface area (Å²) in [6.45, 7) is 4.43. The first-order valence-electron chi connectivity index (χ1n) is 3.85. The molecule has 0 atom stereocenters. The average Bonchev–Trinajstić information content (AvgIpc) is 1.94. The number of rotatable bonds is 1. The lowest BCUT2D eigenvalue weighted by atomic mass is 10.5. The van der Waals surface area contributed by atoms with Crippen molar-refractivity contribution in [3.63, 3.8) is 0 Å². The van der Waals surface area contributed by atoms with Crippen molar-refractivity contribution in [2.24, 2.45) is 0 Å². The van der Waals surface area contributed by atoms with Crippen LogP contribution in [0, 0.1) is 12.3 Å². The summed E-state index contributed by atoms with van der Waals surface area (Å²) in [5.74, 6) is 2.60. The van der Waals surface area contributed by atoms with Gasteiger partial charge in [-0.25, -0.2) is 0 Å². The Kier molecular flexibility index (Phi) is 2.76. The minimum absolute atomic E-state index is 0.708. The monoisotopic (exact) mass is 171 g/mol. The molecule has 0 spiro atoms. The van der Waals surface area contributed by atoms with Gasteiger partial charge in [-0.1, -0.05) is 5.92 Å². The predicted molar refractivity (Wildman–Crippen MR) is 48.5 cm³/mol. The van der Waals surface area contributed by atoms with Crippen LogP contribution < -0.4 is 0 Å². The van der Waals surface area contributed by atoms with Gasteiger partial charge in [0.2, 0.25) is 0 Å². The third-order valence-electron chi connectivity index (χ3n) is 2.09. The molecule has 0 saturated carbocycles. The molecule has 11 heavy (non-hydrogen) atoms. The summed E-state index contributed by atoms with van der Waals surface area (Å²) >= 11 is 0. The SMILES string of the molecule is C#CCN1CCP(C)(=O)CC1. The average molecular weight is 171 g/mol. The summed E-state index contributed by atoms with van der Waals surface area (Å²) in [5, 5.41) is 0. The van der Waals surface area contributed by atoms with Crippen LogP contribution >= 0.6 is 7.14 Å². The molecular formula is C8H14NOP. The Bertz CT molecular complexity index is 207. The van der Waals surface area contributed by atoms with E-state index in [1.165, 1.54) is 0 Å². The molecule has 2 nitrogen and oxygen atoms in total. The molecule has 0 bridgehead atoms. The standard InChI is InChI=1S/C8H14NOP/c1-3-4-9-5-7-11(2,10)8-6-9/h1H,4-8H2,2H3. The maximum absolute atomic E-state index is 11.5. The van der Waals surface area contributed by atoms with Crippen LogP contribution in [0.15, 0.2) is 0 Å². The Morgan fingerprint density at radius 3 is 2.55 bits per heavy atom. The molecule has 0 aliphatic carbocycles. The van der Waals surface area contributed by atoms with Gasteiger partial charge in [-0.15, -0.1) is 6.42 Å². The van der Waals surface area contributed by atoms with Crippen molar-refractivity contribution in [1.82, 2.24) is 4.90 Å². The molecule has 1 heterocycles. The van der Waals surface area contributed by atoms with Crippen LogP contribution in [0.3, 0.4) is 0 Å². The van der Waals surface area contributed by atoms with Crippen molar-refractivity contribution in [3.8, 4) is 12.3 Å². The molecule has 1 fully saturated rings. The molecule has 0 radical (unpaired) electrons. The first-order valence-corrected chi connectivity index (χ1v) is 6.38. The molecule has 0 aromatic carbocycles. The second-order valence-electron chi connectivity index (χ2n) is 3.22. The molecule has 0 N–H and O–H groups in total. The van der Waals surface area contributed by atoms with Crippen LogP contribution in [0.5, 0.6) is 0 Å². The topological polar surface area (TPSA) is 20.3 Å². The highest BCUT2D eigenvalue weighted by Crippen LogP contribution is 2.42. The fraction of sp³-hybridized carbons (Fsp3) is 0.750. The van der Waals surface area contributed by atoms with E-state index in [1.54, 1.807) is 0 Å². The van der Waals surface area contributed by atoms with Crippen LogP contribution in [0.25, 0.3) is 0 Å². The zero-order chi connectivity index (χ0) is 8.32. The van der Waals surface area contributed by atoms with E-state index in [0.717, 1.165) is 25.4 Å². The van der Waals surface area contributed by atoms with Crippen LogP contribution in [-0.4, -0.2) is 43.5 Å². The van der Waals surface area contributed by atoms with Crippen molar-refractivity contribution < 1.29 is 4.57 Å². The van der Waals surface area contributed by atoms with E-state index >= 15 is 0 Å². The zero-order valence-corrected chi connectivity index (χ0v) is 7.81.